The number of rotatable bonds is 4. The molecule has 2 aromatic rings. The Morgan fingerprint density at radius 3 is 2.86 bits per heavy atom. The molecular weight excluding hydrogens is 284 g/mol. The standard InChI is InChI=1S/C15H18N4OS/c1-9(2)15-18-17-13(21-15)8-19-11-6-4-3-5-10(11)7-12(19)14(16)20/h3-6,9,12H,7-8H2,1-2H3,(H2,16,20)/t12-/m0/s1. The average Bonchev–Trinajstić information content (AvgIpc) is 3.05. The summed E-state index contributed by atoms with van der Waals surface area (Å²) in [6.45, 7) is 4.78. The van der Waals surface area contributed by atoms with Crippen LogP contribution >= 0.6 is 11.3 Å². The van der Waals surface area contributed by atoms with E-state index >= 15 is 0 Å². The molecule has 0 radical (unpaired) electrons. The summed E-state index contributed by atoms with van der Waals surface area (Å²) < 4.78 is 0. The van der Waals surface area contributed by atoms with Crippen molar-refractivity contribution in [2.45, 2.75) is 38.8 Å². The molecule has 2 heterocycles. The maximum absolute atomic E-state index is 11.7. The van der Waals surface area contributed by atoms with Gasteiger partial charge in [0.25, 0.3) is 0 Å². The molecule has 0 spiro atoms. The van der Waals surface area contributed by atoms with Gasteiger partial charge in [0, 0.05) is 18.0 Å². The molecule has 0 bridgehead atoms. The molecule has 0 aliphatic carbocycles. The molecule has 1 atom stereocenters. The first-order chi connectivity index (χ1) is 10.1. The molecular formula is C15H18N4OS. The summed E-state index contributed by atoms with van der Waals surface area (Å²) in [5, 5.41) is 10.4. The maximum atomic E-state index is 11.7. The van der Waals surface area contributed by atoms with Crippen LogP contribution in [0.15, 0.2) is 24.3 Å². The van der Waals surface area contributed by atoms with E-state index in [1.165, 1.54) is 0 Å². The number of anilines is 1. The monoisotopic (exact) mass is 302 g/mol. The van der Waals surface area contributed by atoms with E-state index < -0.39 is 0 Å². The van der Waals surface area contributed by atoms with Gasteiger partial charge >= 0.3 is 0 Å². The zero-order valence-electron chi connectivity index (χ0n) is 12.1. The van der Waals surface area contributed by atoms with Crippen LogP contribution < -0.4 is 10.6 Å². The maximum Gasteiger partial charge on any atom is 0.240 e. The van der Waals surface area contributed by atoms with Crippen LogP contribution in [0.5, 0.6) is 0 Å². The van der Waals surface area contributed by atoms with Gasteiger partial charge < -0.3 is 10.6 Å². The molecule has 0 fully saturated rings. The second kappa shape index (κ2) is 5.44. The van der Waals surface area contributed by atoms with Crippen molar-refractivity contribution in [3.05, 3.63) is 39.8 Å². The summed E-state index contributed by atoms with van der Waals surface area (Å²) >= 11 is 1.60. The van der Waals surface area contributed by atoms with Crippen molar-refractivity contribution in [1.29, 1.82) is 0 Å². The van der Waals surface area contributed by atoms with Gasteiger partial charge in [0.05, 0.1) is 6.54 Å². The fraction of sp³-hybridized carbons (Fsp3) is 0.400. The Hall–Kier alpha value is -1.95. The zero-order valence-corrected chi connectivity index (χ0v) is 12.9. The Bertz CT molecular complexity index is 667. The molecule has 1 aliphatic heterocycles. The van der Waals surface area contributed by atoms with E-state index in [-0.39, 0.29) is 11.9 Å². The number of hydrogen-bond acceptors (Lipinski definition) is 5. The Morgan fingerprint density at radius 1 is 1.43 bits per heavy atom. The summed E-state index contributed by atoms with van der Waals surface area (Å²) in [5.41, 5.74) is 7.80. The smallest absolute Gasteiger partial charge is 0.240 e. The molecule has 1 amide bonds. The lowest BCUT2D eigenvalue weighted by molar-refractivity contribution is -0.119. The Balaban J connectivity index is 1.89. The molecule has 6 heteroatoms. The SMILES string of the molecule is CC(C)c1nnc(CN2c3ccccc3C[C@H]2C(N)=O)s1. The van der Waals surface area contributed by atoms with Gasteiger partial charge in [-0.05, 0) is 11.6 Å². The van der Waals surface area contributed by atoms with Crippen molar-refractivity contribution in [2.75, 3.05) is 4.90 Å². The number of carbonyl (C=O) groups excluding carboxylic acids is 1. The van der Waals surface area contributed by atoms with E-state index in [2.05, 4.69) is 24.0 Å². The van der Waals surface area contributed by atoms with Gasteiger partial charge in [-0.2, -0.15) is 0 Å². The van der Waals surface area contributed by atoms with Crippen LogP contribution in [-0.4, -0.2) is 22.1 Å². The summed E-state index contributed by atoms with van der Waals surface area (Å²) in [4.78, 5) is 13.8. The summed E-state index contributed by atoms with van der Waals surface area (Å²) in [6, 6.07) is 7.75. The Morgan fingerprint density at radius 2 is 2.19 bits per heavy atom. The van der Waals surface area contributed by atoms with Crippen molar-refractivity contribution in [3.8, 4) is 0 Å². The molecule has 5 nitrogen and oxygen atoms in total. The van der Waals surface area contributed by atoms with Crippen LogP contribution in [0.4, 0.5) is 5.69 Å². The van der Waals surface area contributed by atoms with E-state index in [0.29, 0.717) is 18.9 Å². The molecule has 2 N–H and O–H groups in total. The molecule has 0 saturated heterocycles. The predicted molar refractivity (Wildman–Crippen MR) is 83.3 cm³/mol. The normalized spacial score (nSPS) is 17.3. The summed E-state index contributed by atoms with van der Waals surface area (Å²) in [7, 11) is 0. The third-order valence-corrected chi connectivity index (χ3v) is 4.91. The van der Waals surface area contributed by atoms with Crippen LogP contribution in [-0.2, 0) is 17.8 Å². The number of para-hydroxylation sites is 1. The first-order valence-electron chi connectivity index (χ1n) is 7.02. The number of benzene rings is 1. The lowest BCUT2D eigenvalue weighted by atomic mass is 10.1. The lowest BCUT2D eigenvalue weighted by Crippen LogP contribution is -2.42. The Kier molecular flexibility index (Phi) is 3.63. The van der Waals surface area contributed by atoms with Gasteiger partial charge in [-0.25, -0.2) is 0 Å². The van der Waals surface area contributed by atoms with Crippen molar-refractivity contribution in [2.24, 2.45) is 5.73 Å². The highest BCUT2D eigenvalue weighted by molar-refractivity contribution is 7.11. The molecule has 3 rings (SSSR count). The van der Waals surface area contributed by atoms with E-state index in [4.69, 9.17) is 5.73 Å². The average molecular weight is 302 g/mol. The van der Waals surface area contributed by atoms with E-state index in [1.54, 1.807) is 11.3 Å². The van der Waals surface area contributed by atoms with Crippen molar-refractivity contribution < 1.29 is 4.79 Å². The number of amides is 1. The van der Waals surface area contributed by atoms with Crippen LogP contribution in [0.25, 0.3) is 0 Å². The second-order valence-electron chi connectivity index (χ2n) is 5.57. The van der Waals surface area contributed by atoms with Crippen molar-refractivity contribution >= 4 is 22.9 Å². The highest BCUT2D eigenvalue weighted by Gasteiger charge is 2.33. The van der Waals surface area contributed by atoms with Gasteiger partial charge in [-0.3, -0.25) is 4.79 Å². The van der Waals surface area contributed by atoms with Crippen LogP contribution in [0.2, 0.25) is 0 Å². The van der Waals surface area contributed by atoms with Gasteiger partial charge in [0.15, 0.2) is 0 Å². The molecule has 1 aliphatic rings. The third kappa shape index (κ3) is 2.63. The van der Waals surface area contributed by atoms with E-state index in [1.807, 2.05) is 29.2 Å². The van der Waals surface area contributed by atoms with Crippen molar-refractivity contribution in [1.82, 2.24) is 10.2 Å². The quantitative estimate of drug-likeness (QED) is 0.938. The van der Waals surface area contributed by atoms with Crippen LogP contribution in [0, 0.1) is 0 Å². The molecule has 1 aromatic carbocycles. The fourth-order valence-electron chi connectivity index (χ4n) is 2.61. The van der Waals surface area contributed by atoms with E-state index in [0.717, 1.165) is 21.3 Å². The Labute approximate surface area is 127 Å². The second-order valence-corrected chi connectivity index (χ2v) is 6.66. The number of aromatic nitrogens is 2. The summed E-state index contributed by atoms with van der Waals surface area (Å²) in [5.74, 6) is 0.0776. The minimum Gasteiger partial charge on any atom is -0.368 e. The third-order valence-electron chi connectivity index (χ3n) is 3.70. The lowest BCUT2D eigenvalue weighted by Gasteiger charge is -2.24. The molecule has 21 heavy (non-hydrogen) atoms. The number of primary amides is 1. The van der Waals surface area contributed by atoms with Crippen LogP contribution in [0.1, 0.15) is 35.3 Å². The topological polar surface area (TPSA) is 72.1 Å². The minimum atomic E-state index is -0.297. The molecule has 1 aromatic heterocycles. The highest BCUT2D eigenvalue weighted by Crippen LogP contribution is 2.34. The number of carbonyl (C=O) groups is 1. The van der Waals surface area contributed by atoms with Gasteiger partial charge in [-0.15, -0.1) is 10.2 Å². The van der Waals surface area contributed by atoms with Gasteiger partial charge in [0.1, 0.15) is 16.1 Å². The van der Waals surface area contributed by atoms with Gasteiger partial charge in [-0.1, -0.05) is 43.4 Å². The van der Waals surface area contributed by atoms with E-state index in [9.17, 15) is 4.79 Å². The highest BCUT2D eigenvalue weighted by atomic mass is 32.1. The first-order valence-corrected chi connectivity index (χ1v) is 7.84. The zero-order chi connectivity index (χ0) is 15.0. The molecule has 110 valence electrons. The van der Waals surface area contributed by atoms with Crippen molar-refractivity contribution in [3.63, 3.8) is 0 Å². The fourth-order valence-corrected chi connectivity index (χ4v) is 3.45. The van der Waals surface area contributed by atoms with Gasteiger partial charge in [0.2, 0.25) is 5.91 Å². The predicted octanol–water partition coefficient (Wildman–Crippen LogP) is 2.08. The first kappa shape index (κ1) is 14.0. The largest absolute Gasteiger partial charge is 0.368 e. The number of nitrogens with zero attached hydrogens (tertiary/aromatic N) is 3. The number of nitrogens with two attached hydrogens (primary N) is 1. The molecule has 0 unspecified atom stereocenters. The molecule has 0 saturated carbocycles. The van der Waals surface area contributed by atoms with Crippen LogP contribution in [0.3, 0.4) is 0 Å². The summed E-state index contributed by atoms with van der Waals surface area (Å²) in [6.07, 6.45) is 0.668. The minimum absolute atomic E-state index is 0.292. The number of fused-ring (bicyclic) bond motifs is 1. The number of hydrogen-bond donors (Lipinski definition) is 1.